The molecule has 5 heteroatoms. The molecule has 0 aliphatic heterocycles. The van der Waals surface area contributed by atoms with Crippen molar-refractivity contribution in [1.29, 1.82) is 0 Å². The number of carbonyl (C=O) groups excluding carboxylic acids is 2. The zero-order valence-corrected chi connectivity index (χ0v) is 55.1. The molecule has 1 atom stereocenters. The van der Waals surface area contributed by atoms with E-state index in [1.54, 1.807) is 0 Å². The van der Waals surface area contributed by atoms with Crippen LogP contribution in [0.1, 0.15) is 335 Å². The minimum atomic E-state index is -0.778. The third-order valence-corrected chi connectivity index (χ3v) is 15.4. The Morgan fingerprint density at radius 1 is 0.274 bits per heavy atom. The maximum Gasteiger partial charge on any atom is 0.306 e. The van der Waals surface area contributed by atoms with Crippen LogP contribution in [0.15, 0.2) is 134 Å². The van der Waals surface area contributed by atoms with Crippen LogP contribution in [0.5, 0.6) is 0 Å². The summed E-state index contributed by atoms with van der Waals surface area (Å²) in [6.07, 6.45) is 109. The average molecular weight is 1160 g/mol. The van der Waals surface area contributed by atoms with E-state index in [9.17, 15) is 14.7 Å². The van der Waals surface area contributed by atoms with E-state index in [-0.39, 0.29) is 25.2 Å². The van der Waals surface area contributed by atoms with Crippen molar-refractivity contribution in [2.24, 2.45) is 0 Å². The summed E-state index contributed by atoms with van der Waals surface area (Å²) in [5.41, 5.74) is 0. The van der Waals surface area contributed by atoms with Crippen LogP contribution in [0.4, 0.5) is 0 Å². The number of hydrogen-bond donors (Lipinski definition) is 1. The first-order chi connectivity index (χ1) is 41.6. The Morgan fingerprint density at radius 3 is 0.714 bits per heavy atom. The highest BCUT2D eigenvalue weighted by atomic mass is 16.6. The van der Waals surface area contributed by atoms with Crippen LogP contribution < -0.4 is 0 Å². The molecule has 1 N–H and O–H groups in total. The van der Waals surface area contributed by atoms with E-state index in [0.29, 0.717) is 12.8 Å². The van der Waals surface area contributed by atoms with E-state index < -0.39 is 6.10 Å². The lowest BCUT2D eigenvalue weighted by Gasteiger charge is -2.15. The van der Waals surface area contributed by atoms with E-state index >= 15 is 0 Å². The van der Waals surface area contributed by atoms with Gasteiger partial charge in [-0.2, -0.15) is 0 Å². The van der Waals surface area contributed by atoms with Gasteiger partial charge in [0.1, 0.15) is 6.61 Å². The molecular weight excluding hydrogens is 1030 g/mol. The highest BCUT2D eigenvalue weighted by Gasteiger charge is 2.16. The van der Waals surface area contributed by atoms with Crippen LogP contribution >= 0.6 is 0 Å². The van der Waals surface area contributed by atoms with Crippen LogP contribution in [0.2, 0.25) is 0 Å². The van der Waals surface area contributed by atoms with Gasteiger partial charge < -0.3 is 14.6 Å². The van der Waals surface area contributed by atoms with Gasteiger partial charge in [-0.1, -0.05) is 347 Å². The first kappa shape index (κ1) is 80.0. The summed E-state index contributed by atoms with van der Waals surface area (Å²) < 4.78 is 10.8. The van der Waals surface area contributed by atoms with Gasteiger partial charge >= 0.3 is 11.9 Å². The van der Waals surface area contributed by atoms with E-state index in [2.05, 4.69) is 148 Å². The molecule has 0 heterocycles. The largest absolute Gasteiger partial charge is 0.462 e. The Labute approximate surface area is 521 Å². The molecule has 0 aromatic rings. The predicted molar refractivity (Wildman–Crippen MR) is 371 cm³/mol. The highest BCUT2D eigenvalue weighted by Crippen LogP contribution is 2.18. The maximum atomic E-state index is 12.4. The molecule has 0 aromatic heterocycles. The van der Waals surface area contributed by atoms with Gasteiger partial charge in [0.25, 0.3) is 0 Å². The van der Waals surface area contributed by atoms with Crippen molar-refractivity contribution < 1.29 is 24.2 Å². The normalized spacial score (nSPS) is 13.0. The smallest absolute Gasteiger partial charge is 0.306 e. The lowest BCUT2D eigenvalue weighted by atomic mass is 10.0. The Balaban J connectivity index is 3.45. The molecular formula is C79H134O5. The Kier molecular flexibility index (Phi) is 69.8. The number of carbonyl (C=O) groups is 2. The summed E-state index contributed by atoms with van der Waals surface area (Å²) in [7, 11) is 0. The quantitative estimate of drug-likeness (QED) is 0.0373. The first-order valence-electron chi connectivity index (χ1n) is 35.7. The van der Waals surface area contributed by atoms with E-state index in [1.807, 2.05) is 0 Å². The SMILES string of the molecule is CC/C=C\C/C=C\C/C=C\C/C=C\C/C=C\C/C=C\C/C=C\CCCCCCCCCCCCCCCCCCCCCC(=O)OC(CO)COC(=O)CCCCCCCCCCCCCCCCCC/C=C\C/C=C\C/C=C\C/C=C\CC. The summed E-state index contributed by atoms with van der Waals surface area (Å²) in [5, 5.41) is 9.71. The van der Waals surface area contributed by atoms with Crippen molar-refractivity contribution in [2.45, 2.75) is 341 Å². The van der Waals surface area contributed by atoms with Crippen LogP contribution in [-0.4, -0.2) is 36.4 Å². The minimum absolute atomic E-state index is 0.0670. The molecule has 84 heavy (non-hydrogen) atoms. The number of esters is 2. The standard InChI is InChI=1S/C79H134O5/c1-3-5-7-9-11-13-15-17-19-21-23-25-27-29-31-33-34-35-36-37-38-39-40-41-42-43-44-46-48-50-52-54-56-58-60-62-64-66-68-70-72-74-79(82)84-77(75-80)76-83-78(81)73-71-69-67-65-63-61-59-57-55-53-51-49-47-45-32-30-28-26-24-22-20-18-16-14-12-10-8-6-4-2/h5-8,11-14,17-20,23-26,29,31,34-35,37-38,77,80H,3-4,9-10,15-16,21-22,27-28,30,32-33,36,39-76H2,1-2H3/b7-5-,8-6-,13-11-,14-12-,19-17-,20-18-,25-23-,26-24-,31-29-,35-34-,38-37-. The van der Waals surface area contributed by atoms with E-state index in [1.165, 1.54) is 199 Å². The van der Waals surface area contributed by atoms with Gasteiger partial charge in [-0.25, -0.2) is 0 Å². The number of hydrogen-bond acceptors (Lipinski definition) is 5. The number of unbranched alkanes of at least 4 members (excludes halogenated alkanes) is 35. The fourth-order valence-corrected chi connectivity index (χ4v) is 10.2. The Morgan fingerprint density at radius 2 is 0.476 bits per heavy atom. The van der Waals surface area contributed by atoms with Gasteiger partial charge in [0.15, 0.2) is 6.10 Å². The van der Waals surface area contributed by atoms with Crippen molar-refractivity contribution in [3.63, 3.8) is 0 Å². The lowest BCUT2D eigenvalue weighted by Crippen LogP contribution is -2.28. The van der Waals surface area contributed by atoms with Crippen LogP contribution in [0, 0.1) is 0 Å². The molecule has 0 aliphatic carbocycles. The summed E-state index contributed by atoms with van der Waals surface area (Å²) in [5.74, 6) is -0.580. The fourth-order valence-electron chi connectivity index (χ4n) is 10.2. The van der Waals surface area contributed by atoms with Gasteiger partial charge in [0, 0.05) is 12.8 Å². The molecule has 0 rings (SSSR count). The van der Waals surface area contributed by atoms with Gasteiger partial charge in [-0.05, 0) is 109 Å². The number of aliphatic hydroxyl groups is 1. The molecule has 0 saturated heterocycles. The number of aliphatic hydroxyl groups excluding tert-OH is 1. The molecule has 0 spiro atoms. The topological polar surface area (TPSA) is 72.8 Å². The molecule has 5 nitrogen and oxygen atoms in total. The molecule has 0 bridgehead atoms. The van der Waals surface area contributed by atoms with Crippen LogP contribution in [-0.2, 0) is 19.1 Å². The molecule has 1 unspecified atom stereocenters. The molecule has 0 aromatic carbocycles. The van der Waals surface area contributed by atoms with E-state index in [0.717, 1.165) is 109 Å². The summed E-state index contributed by atoms with van der Waals surface area (Å²) in [6.45, 7) is 3.94. The van der Waals surface area contributed by atoms with Crippen molar-refractivity contribution in [3.8, 4) is 0 Å². The predicted octanol–water partition coefficient (Wildman–Crippen LogP) is 25.1. The minimum Gasteiger partial charge on any atom is -0.462 e. The number of allylic oxidation sites excluding steroid dienone is 22. The highest BCUT2D eigenvalue weighted by molar-refractivity contribution is 5.70. The van der Waals surface area contributed by atoms with Crippen molar-refractivity contribution >= 4 is 11.9 Å². The molecule has 0 saturated carbocycles. The van der Waals surface area contributed by atoms with Crippen LogP contribution in [0.25, 0.3) is 0 Å². The van der Waals surface area contributed by atoms with Gasteiger partial charge in [0.05, 0.1) is 6.61 Å². The second kappa shape index (κ2) is 73.3. The van der Waals surface area contributed by atoms with Gasteiger partial charge in [-0.15, -0.1) is 0 Å². The Hall–Kier alpha value is -3.96. The second-order valence-electron chi connectivity index (χ2n) is 23.6. The average Bonchev–Trinajstić information content (AvgIpc) is 3.51. The Bertz CT molecular complexity index is 1700. The fraction of sp³-hybridized carbons (Fsp3) is 0.696. The van der Waals surface area contributed by atoms with Crippen molar-refractivity contribution in [2.75, 3.05) is 13.2 Å². The molecule has 0 fully saturated rings. The monoisotopic (exact) mass is 1160 g/mol. The van der Waals surface area contributed by atoms with E-state index in [4.69, 9.17) is 9.47 Å². The molecule has 0 radical (unpaired) electrons. The third kappa shape index (κ3) is 70.5. The number of ether oxygens (including phenoxy) is 2. The van der Waals surface area contributed by atoms with Gasteiger partial charge in [0.2, 0.25) is 0 Å². The van der Waals surface area contributed by atoms with Crippen LogP contribution in [0.3, 0.4) is 0 Å². The summed E-state index contributed by atoms with van der Waals surface area (Å²) in [6, 6.07) is 0. The van der Waals surface area contributed by atoms with Crippen molar-refractivity contribution in [1.82, 2.24) is 0 Å². The second-order valence-corrected chi connectivity index (χ2v) is 23.6. The third-order valence-electron chi connectivity index (χ3n) is 15.4. The lowest BCUT2D eigenvalue weighted by molar-refractivity contribution is -0.161. The summed E-state index contributed by atoms with van der Waals surface area (Å²) >= 11 is 0. The first-order valence-corrected chi connectivity index (χ1v) is 35.7. The molecule has 480 valence electrons. The van der Waals surface area contributed by atoms with Gasteiger partial charge in [-0.3, -0.25) is 9.59 Å². The maximum absolute atomic E-state index is 12.4. The number of rotatable bonds is 65. The van der Waals surface area contributed by atoms with Crippen molar-refractivity contribution in [3.05, 3.63) is 134 Å². The zero-order chi connectivity index (χ0) is 60.5. The molecule has 0 amide bonds. The summed E-state index contributed by atoms with van der Waals surface area (Å²) in [4.78, 5) is 24.7. The molecule has 0 aliphatic rings. The zero-order valence-electron chi connectivity index (χ0n) is 55.1.